The van der Waals surface area contributed by atoms with Gasteiger partial charge in [0.05, 0.1) is 6.61 Å². The zero-order valence-electron chi connectivity index (χ0n) is 10.4. The molecule has 0 spiro atoms. The average Bonchev–Trinajstić information content (AvgIpc) is 2.27. The van der Waals surface area contributed by atoms with Crippen LogP contribution < -0.4 is 5.32 Å². The van der Waals surface area contributed by atoms with Crippen LogP contribution in [0.5, 0.6) is 0 Å². The van der Waals surface area contributed by atoms with Crippen LogP contribution in [0.15, 0.2) is 24.3 Å². The molecule has 1 aromatic rings. The van der Waals surface area contributed by atoms with Gasteiger partial charge < -0.3 is 15.2 Å². The summed E-state index contributed by atoms with van der Waals surface area (Å²) in [5.74, 6) is -0.236. The van der Waals surface area contributed by atoms with Gasteiger partial charge in [0.15, 0.2) is 0 Å². The zero-order valence-corrected chi connectivity index (χ0v) is 10.4. The van der Waals surface area contributed by atoms with Crippen LogP contribution in [0.2, 0.25) is 0 Å². The Kier molecular flexibility index (Phi) is 5.55. The maximum Gasteiger partial charge on any atom is 0.123 e. The molecule has 4 heteroatoms. The molecular formula is C13H20FNO2. The predicted molar refractivity (Wildman–Crippen MR) is 65.2 cm³/mol. The number of rotatable bonds is 7. The fraction of sp³-hybridized carbons (Fsp3) is 0.538. The van der Waals surface area contributed by atoms with Gasteiger partial charge in [0, 0.05) is 25.8 Å². The molecule has 0 aliphatic carbocycles. The lowest BCUT2D eigenvalue weighted by molar-refractivity contribution is 0.0969. The maximum atomic E-state index is 13.0. The molecule has 96 valence electrons. The summed E-state index contributed by atoms with van der Waals surface area (Å²) in [7, 11) is 1.62. The SMILES string of the molecule is COC[C@](C)(CCO)NCc1cccc(F)c1. The molecule has 3 nitrogen and oxygen atoms in total. The second-order valence-electron chi connectivity index (χ2n) is 4.45. The monoisotopic (exact) mass is 241 g/mol. The van der Waals surface area contributed by atoms with Gasteiger partial charge in [-0.3, -0.25) is 0 Å². The van der Waals surface area contributed by atoms with Crippen molar-refractivity contribution in [3.8, 4) is 0 Å². The predicted octanol–water partition coefficient (Wildman–Crippen LogP) is 1.70. The van der Waals surface area contributed by atoms with E-state index in [1.807, 2.05) is 13.0 Å². The molecule has 0 fully saturated rings. The van der Waals surface area contributed by atoms with E-state index in [-0.39, 0.29) is 18.0 Å². The van der Waals surface area contributed by atoms with E-state index in [2.05, 4.69) is 5.32 Å². The highest BCUT2D eigenvalue weighted by Crippen LogP contribution is 2.12. The number of methoxy groups -OCH3 is 1. The van der Waals surface area contributed by atoms with Gasteiger partial charge in [-0.2, -0.15) is 0 Å². The summed E-state index contributed by atoms with van der Waals surface area (Å²) >= 11 is 0. The van der Waals surface area contributed by atoms with Crippen molar-refractivity contribution in [2.24, 2.45) is 0 Å². The summed E-state index contributed by atoms with van der Waals surface area (Å²) in [6, 6.07) is 6.47. The van der Waals surface area contributed by atoms with E-state index in [1.165, 1.54) is 12.1 Å². The molecule has 1 atom stereocenters. The summed E-state index contributed by atoms with van der Waals surface area (Å²) in [5.41, 5.74) is 0.584. The van der Waals surface area contributed by atoms with Crippen molar-refractivity contribution in [3.05, 3.63) is 35.6 Å². The van der Waals surface area contributed by atoms with Crippen LogP contribution in [-0.4, -0.2) is 31.0 Å². The second-order valence-corrected chi connectivity index (χ2v) is 4.45. The molecule has 0 saturated heterocycles. The molecule has 0 heterocycles. The van der Waals surface area contributed by atoms with Crippen molar-refractivity contribution in [2.75, 3.05) is 20.3 Å². The van der Waals surface area contributed by atoms with Gasteiger partial charge in [0.25, 0.3) is 0 Å². The molecule has 1 aromatic carbocycles. The molecule has 0 saturated carbocycles. The van der Waals surface area contributed by atoms with E-state index in [4.69, 9.17) is 9.84 Å². The minimum Gasteiger partial charge on any atom is -0.396 e. The Labute approximate surface area is 102 Å². The lowest BCUT2D eigenvalue weighted by atomic mass is 9.99. The van der Waals surface area contributed by atoms with Crippen LogP contribution in [0.1, 0.15) is 18.9 Å². The molecule has 2 N–H and O–H groups in total. The first-order valence-corrected chi connectivity index (χ1v) is 5.69. The first kappa shape index (κ1) is 14.1. The number of hydrogen-bond donors (Lipinski definition) is 2. The number of aliphatic hydroxyl groups excluding tert-OH is 1. The van der Waals surface area contributed by atoms with Crippen molar-refractivity contribution in [1.82, 2.24) is 5.32 Å². The summed E-state index contributed by atoms with van der Waals surface area (Å²) in [6.45, 7) is 3.13. The second kappa shape index (κ2) is 6.69. The highest BCUT2D eigenvalue weighted by atomic mass is 19.1. The van der Waals surface area contributed by atoms with Crippen molar-refractivity contribution in [1.29, 1.82) is 0 Å². The molecule has 0 aliphatic heterocycles. The molecule has 17 heavy (non-hydrogen) atoms. The number of halogens is 1. The number of ether oxygens (including phenoxy) is 1. The third-order valence-electron chi connectivity index (χ3n) is 2.73. The van der Waals surface area contributed by atoms with Crippen LogP contribution in [-0.2, 0) is 11.3 Å². The molecule has 0 radical (unpaired) electrons. The zero-order chi connectivity index (χ0) is 12.7. The molecule has 0 bridgehead atoms. The Morgan fingerprint density at radius 3 is 2.82 bits per heavy atom. The minimum absolute atomic E-state index is 0.0933. The average molecular weight is 241 g/mol. The van der Waals surface area contributed by atoms with E-state index in [1.54, 1.807) is 13.2 Å². The van der Waals surface area contributed by atoms with Gasteiger partial charge in [-0.05, 0) is 31.0 Å². The third kappa shape index (κ3) is 4.81. The Morgan fingerprint density at radius 1 is 1.47 bits per heavy atom. The van der Waals surface area contributed by atoms with Gasteiger partial charge in [0.2, 0.25) is 0 Å². The standard InChI is InChI=1S/C13H20FNO2/c1-13(6-7-16,10-17-2)15-9-11-4-3-5-12(14)8-11/h3-5,8,15-16H,6-7,9-10H2,1-2H3/t13-/m0/s1. The number of aliphatic hydroxyl groups is 1. The number of benzene rings is 1. The van der Waals surface area contributed by atoms with Gasteiger partial charge in [-0.25, -0.2) is 4.39 Å². The number of hydrogen-bond acceptors (Lipinski definition) is 3. The van der Waals surface area contributed by atoms with Crippen LogP contribution in [0, 0.1) is 5.82 Å². The molecule has 0 unspecified atom stereocenters. The van der Waals surface area contributed by atoms with E-state index in [9.17, 15) is 4.39 Å². The smallest absolute Gasteiger partial charge is 0.123 e. The summed E-state index contributed by atoms with van der Waals surface area (Å²) < 4.78 is 18.1. The molecule has 1 rings (SSSR count). The van der Waals surface area contributed by atoms with Crippen molar-refractivity contribution < 1.29 is 14.2 Å². The van der Waals surface area contributed by atoms with Crippen molar-refractivity contribution >= 4 is 0 Å². The third-order valence-corrected chi connectivity index (χ3v) is 2.73. The largest absolute Gasteiger partial charge is 0.396 e. The van der Waals surface area contributed by atoms with Gasteiger partial charge in [-0.15, -0.1) is 0 Å². The first-order valence-electron chi connectivity index (χ1n) is 5.69. The summed E-state index contributed by atoms with van der Waals surface area (Å²) in [5, 5.41) is 12.3. The maximum absolute atomic E-state index is 13.0. The Hall–Kier alpha value is -0.970. The van der Waals surface area contributed by atoms with Crippen LogP contribution in [0.4, 0.5) is 4.39 Å². The van der Waals surface area contributed by atoms with Gasteiger partial charge in [0.1, 0.15) is 5.82 Å². The van der Waals surface area contributed by atoms with E-state index < -0.39 is 0 Å². The highest BCUT2D eigenvalue weighted by molar-refractivity contribution is 5.16. The van der Waals surface area contributed by atoms with E-state index in [0.717, 1.165) is 5.56 Å². The minimum atomic E-state index is -0.296. The highest BCUT2D eigenvalue weighted by Gasteiger charge is 2.22. The fourth-order valence-electron chi connectivity index (χ4n) is 1.74. The molecule has 0 amide bonds. The Morgan fingerprint density at radius 2 is 2.24 bits per heavy atom. The van der Waals surface area contributed by atoms with Crippen LogP contribution in [0.25, 0.3) is 0 Å². The molecule has 0 aliphatic rings. The van der Waals surface area contributed by atoms with Crippen molar-refractivity contribution in [3.63, 3.8) is 0 Å². The summed E-state index contributed by atoms with van der Waals surface area (Å²) in [6.07, 6.45) is 0.593. The normalized spacial score (nSPS) is 14.6. The quantitative estimate of drug-likeness (QED) is 0.763. The molecular weight excluding hydrogens is 221 g/mol. The Balaban J connectivity index is 2.57. The first-order chi connectivity index (χ1) is 8.09. The fourth-order valence-corrected chi connectivity index (χ4v) is 1.74. The topological polar surface area (TPSA) is 41.5 Å². The van der Waals surface area contributed by atoms with E-state index in [0.29, 0.717) is 19.6 Å². The molecule has 0 aromatic heterocycles. The van der Waals surface area contributed by atoms with Gasteiger partial charge >= 0.3 is 0 Å². The lowest BCUT2D eigenvalue weighted by Crippen LogP contribution is -2.46. The lowest BCUT2D eigenvalue weighted by Gasteiger charge is -2.29. The van der Waals surface area contributed by atoms with Gasteiger partial charge in [-0.1, -0.05) is 12.1 Å². The van der Waals surface area contributed by atoms with Crippen LogP contribution in [0.3, 0.4) is 0 Å². The summed E-state index contributed by atoms with van der Waals surface area (Å²) in [4.78, 5) is 0. The van der Waals surface area contributed by atoms with Crippen LogP contribution >= 0.6 is 0 Å². The number of nitrogens with one attached hydrogen (secondary N) is 1. The van der Waals surface area contributed by atoms with Crippen molar-refractivity contribution in [2.45, 2.75) is 25.4 Å². The van der Waals surface area contributed by atoms with E-state index >= 15 is 0 Å². The Bertz CT molecular complexity index is 338.